The number of rotatable bonds is 6. The van der Waals surface area contributed by atoms with Crippen molar-refractivity contribution in [3.63, 3.8) is 0 Å². The first kappa shape index (κ1) is 16.5. The van der Waals surface area contributed by atoms with Crippen molar-refractivity contribution in [1.82, 2.24) is 4.90 Å². The van der Waals surface area contributed by atoms with Crippen molar-refractivity contribution < 1.29 is 14.6 Å². The van der Waals surface area contributed by atoms with Gasteiger partial charge >= 0.3 is 0 Å². The van der Waals surface area contributed by atoms with E-state index in [9.17, 15) is 4.79 Å². The van der Waals surface area contributed by atoms with E-state index in [0.717, 1.165) is 5.56 Å². The second kappa shape index (κ2) is 7.97. The number of benzene rings is 2. The first-order valence-corrected chi connectivity index (χ1v) is 7.23. The summed E-state index contributed by atoms with van der Waals surface area (Å²) in [6.07, 6.45) is 0. The van der Waals surface area contributed by atoms with Crippen LogP contribution in [-0.2, 0) is 6.61 Å². The molecule has 5 nitrogen and oxygen atoms in total. The van der Waals surface area contributed by atoms with E-state index in [1.54, 1.807) is 49.5 Å². The van der Waals surface area contributed by atoms with Crippen molar-refractivity contribution in [2.75, 3.05) is 20.2 Å². The lowest BCUT2D eigenvalue weighted by Gasteiger charge is -2.16. The second-order valence-corrected chi connectivity index (χ2v) is 5.05. The van der Waals surface area contributed by atoms with Gasteiger partial charge in [-0.2, -0.15) is 5.26 Å². The minimum atomic E-state index is -0.154. The minimum Gasteiger partial charge on any atom is -0.488 e. The number of nitriles is 1. The van der Waals surface area contributed by atoms with Crippen LogP contribution in [0.1, 0.15) is 21.5 Å². The summed E-state index contributed by atoms with van der Waals surface area (Å²) in [5.74, 6) is 0.363. The van der Waals surface area contributed by atoms with Crippen molar-refractivity contribution in [3.8, 4) is 11.8 Å². The molecule has 0 saturated heterocycles. The summed E-state index contributed by atoms with van der Waals surface area (Å²) in [5, 5.41) is 18.0. The summed E-state index contributed by atoms with van der Waals surface area (Å²) in [4.78, 5) is 13.7. The normalized spacial score (nSPS) is 9.96. The Morgan fingerprint density at radius 3 is 2.78 bits per heavy atom. The molecule has 0 radical (unpaired) electrons. The summed E-state index contributed by atoms with van der Waals surface area (Å²) in [7, 11) is 1.64. The number of aliphatic hydroxyl groups excluding tert-OH is 1. The van der Waals surface area contributed by atoms with Crippen LogP contribution in [0.5, 0.6) is 5.75 Å². The van der Waals surface area contributed by atoms with Gasteiger partial charge < -0.3 is 14.7 Å². The number of carbonyl (C=O) groups is 1. The second-order valence-electron chi connectivity index (χ2n) is 5.05. The Morgan fingerprint density at radius 1 is 1.26 bits per heavy atom. The Hall–Kier alpha value is -2.84. The molecule has 0 aliphatic rings. The fraction of sp³-hybridized carbons (Fsp3) is 0.222. The first-order chi connectivity index (χ1) is 11.2. The molecule has 0 unspecified atom stereocenters. The molecule has 1 N–H and O–H groups in total. The van der Waals surface area contributed by atoms with Gasteiger partial charge in [-0.3, -0.25) is 4.79 Å². The SMILES string of the molecule is CN(CCO)C(=O)c1cccc(COc2ccccc2C#N)c1. The number of hydrogen-bond acceptors (Lipinski definition) is 4. The lowest BCUT2D eigenvalue weighted by Crippen LogP contribution is -2.29. The number of likely N-dealkylation sites (N-methyl/N-ethyl adjacent to an activating group) is 1. The third-order valence-electron chi connectivity index (χ3n) is 3.36. The molecular weight excluding hydrogens is 292 g/mol. The molecule has 0 heterocycles. The zero-order valence-corrected chi connectivity index (χ0v) is 12.9. The van der Waals surface area contributed by atoms with Gasteiger partial charge in [0.1, 0.15) is 18.4 Å². The molecule has 0 bridgehead atoms. The van der Waals surface area contributed by atoms with E-state index in [4.69, 9.17) is 15.1 Å². The van der Waals surface area contributed by atoms with Crippen LogP contribution in [0, 0.1) is 11.3 Å². The van der Waals surface area contributed by atoms with Gasteiger partial charge in [0.25, 0.3) is 5.91 Å². The molecule has 1 amide bonds. The van der Waals surface area contributed by atoms with Gasteiger partial charge in [-0.1, -0.05) is 24.3 Å². The zero-order valence-electron chi connectivity index (χ0n) is 12.9. The van der Waals surface area contributed by atoms with Crippen LogP contribution >= 0.6 is 0 Å². The van der Waals surface area contributed by atoms with E-state index >= 15 is 0 Å². The molecule has 2 aromatic carbocycles. The number of aliphatic hydroxyl groups is 1. The maximum Gasteiger partial charge on any atom is 0.253 e. The van der Waals surface area contributed by atoms with Gasteiger partial charge in [0.05, 0.1) is 12.2 Å². The smallest absolute Gasteiger partial charge is 0.253 e. The summed E-state index contributed by atoms with van der Waals surface area (Å²) >= 11 is 0. The van der Waals surface area contributed by atoms with Crippen LogP contribution in [-0.4, -0.2) is 36.1 Å². The van der Waals surface area contributed by atoms with E-state index in [1.807, 2.05) is 6.07 Å². The molecule has 0 aliphatic carbocycles. The van der Waals surface area contributed by atoms with Crippen molar-refractivity contribution >= 4 is 5.91 Å². The molecule has 0 spiro atoms. The van der Waals surface area contributed by atoms with Gasteiger partial charge in [-0.05, 0) is 29.8 Å². The zero-order chi connectivity index (χ0) is 16.7. The van der Waals surface area contributed by atoms with E-state index in [-0.39, 0.29) is 25.7 Å². The Balaban J connectivity index is 2.09. The highest BCUT2D eigenvalue weighted by molar-refractivity contribution is 5.94. The highest BCUT2D eigenvalue weighted by Crippen LogP contribution is 2.18. The molecule has 0 aliphatic heterocycles. The number of nitrogens with zero attached hydrogens (tertiary/aromatic N) is 2. The van der Waals surface area contributed by atoms with Crippen LogP contribution in [0.2, 0.25) is 0 Å². The molecule has 0 aromatic heterocycles. The maximum absolute atomic E-state index is 12.2. The van der Waals surface area contributed by atoms with Crippen LogP contribution < -0.4 is 4.74 Å². The maximum atomic E-state index is 12.2. The summed E-state index contributed by atoms with van der Waals surface area (Å²) in [5.41, 5.74) is 1.85. The van der Waals surface area contributed by atoms with Crippen molar-refractivity contribution in [1.29, 1.82) is 5.26 Å². The van der Waals surface area contributed by atoms with Gasteiger partial charge in [0.2, 0.25) is 0 Å². The van der Waals surface area contributed by atoms with Crippen molar-refractivity contribution in [3.05, 3.63) is 65.2 Å². The number of amides is 1. The highest BCUT2D eigenvalue weighted by atomic mass is 16.5. The molecule has 118 valence electrons. The summed E-state index contributed by atoms with van der Waals surface area (Å²) in [6, 6.07) is 16.2. The Labute approximate surface area is 135 Å². The summed E-state index contributed by atoms with van der Waals surface area (Å²) in [6.45, 7) is 0.481. The molecule has 5 heteroatoms. The van der Waals surface area contributed by atoms with Gasteiger partial charge in [-0.15, -0.1) is 0 Å². The molecule has 2 aromatic rings. The van der Waals surface area contributed by atoms with Gasteiger partial charge in [0.15, 0.2) is 0 Å². The number of carbonyl (C=O) groups excluding carboxylic acids is 1. The third-order valence-corrected chi connectivity index (χ3v) is 3.36. The lowest BCUT2D eigenvalue weighted by molar-refractivity contribution is 0.0767. The fourth-order valence-corrected chi connectivity index (χ4v) is 2.11. The molecule has 2 rings (SSSR count). The highest BCUT2D eigenvalue weighted by Gasteiger charge is 2.11. The van der Waals surface area contributed by atoms with Crippen molar-refractivity contribution in [2.45, 2.75) is 6.61 Å². The van der Waals surface area contributed by atoms with Crippen LogP contribution in [0.15, 0.2) is 48.5 Å². The Morgan fingerprint density at radius 2 is 2.04 bits per heavy atom. The number of hydrogen-bond donors (Lipinski definition) is 1. The Kier molecular flexibility index (Phi) is 5.73. The van der Waals surface area contributed by atoms with E-state index in [0.29, 0.717) is 16.9 Å². The van der Waals surface area contributed by atoms with Crippen molar-refractivity contribution in [2.24, 2.45) is 0 Å². The minimum absolute atomic E-state index is 0.0734. The topological polar surface area (TPSA) is 73.6 Å². The average Bonchev–Trinajstić information content (AvgIpc) is 2.60. The number of ether oxygens (including phenoxy) is 1. The monoisotopic (exact) mass is 310 g/mol. The molecule has 0 atom stereocenters. The molecule has 0 saturated carbocycles. The fourth-order valence-electron chi connectivity index (χ4n) is 2.11. The molecule has 0 fully saturated rings. The predicted molar refractivity (Wildman–Crippen MR) is 86.0 cm³/mol. The van der Waals surface area contributed by atoms with E-state index in [2.05, 4.69) is 6.07 Å². The van der Waals surface area contributed by atoms with Crippen LogP contribution in [0.4, 0.5) is 0 Å². The quantitative estimate of drug-likeness (QED) is 0.887. The lowest BCUT2D eigenvalue weighted by atomic mass is 10.1. The first-order valence-electron chi connectivity index (χ1n) is 7.23. The Bertz CT molecular complexity index is 722. The molecular formula is C18H18N2O3. The van der Waals surface area contributed by atoms with Gasteiger partial charge in [0, 0.05) is 19.2 Å². The average molecular weight is 310 g/mol. The largest absolute Gasteiger partial charge is 0.488 e. The van der Waals surface area contributed by atoms with Gasteiger partial charge in [-0.25, -0.2) is 0 Å². The van der Waals surface area contributed by atoms with Crippen LogP contribution in [0.25, 0.3) is 0 Å². The van der Waals surface area contributed by atoms with Crippen LogP contribution in [0.3, 0.4) is 0 Å². The third kappa shape index (κ3) is 4.31. The molecule has 23 heavy (non-hydrogen) atoms. The predicted octanol–water partition coefficient (Wildman–Crippen LogP) is 2.20. The summed E-state index contributed by atoms with van der Waals surface area (Å²) < 4.78 is 5.67. The van der Waals surface area contributed by atoms with E-state index < -0.39 is 0 Å². The van der Waals surface area contributed by atoms with E-state index in [1.165, 1.54) is 4.90 Å². The number of para-hydroxylation sites is 1. The standard InChI is InChI=1S/C18H18N2O3/c1-20(9-10-21)18(22)15-7-4-5-14(11-15)13-23-17-8-3-2-6-16(17)12-19/h2-8,11,21H,9-10,13H2,1H3.